The number of esters is 1. The Bertz CT molecular complexity index is 598. The van der Waals surface area contributed by atoms with Crippen LogP contribution in [0.25, 0.3) is 0 Å². The van der Waals surface area contributed by atoms with Gasteiger partial charge in [0, 0.05) is 37.1 Å². The quantitative estimate of drug-likeness (QED) is 0.621. The molecule has 0 atom stereocenters. The number of methoxy groups -OCH3 is 1. The van der Waals surface area contributed by atoms with Crippen LogP contribution in [0.5, 0.6) is 0 Å². The summed E-state index contributed by atoms with van der Waals surface area (Å²) in [6, 6.07) is 0. The van der Waals surface area contributed by atoms with Gasteiger partial charge in [0.2, 0.25) is 11.8 Å². The first kappa shape index (κ1) is 15.7. The van der Waals surface area contributed by atoms with Crippen LogP contribution in [0.1, 0.15) is 55.7 Å². The SMILES string of the molecule is COC(=O)/C=C/C(=O)N1CCC(c2nc(C3CCC3)no2)CC1. The zero-order valence-electron chi connectivity index (χ0n) is 13.2. The molecule has 2 aliphatic rings. The molecule has 1 saturated carbocycles. The average molecular weight is 319 g/mol. The molecule has 1 amide bonds. The van der Waals surface area contributed by atoms with Crippen molar-refractivity contribution in [2.24, 2.45) is 0 Å². The number of aromatic nitrogens is 2. The van der Waals surface area contributed by atoms with Gasteiger partial charge in [0.1, 0.15) is 0 Å². The van der Waals surface area contributed by atoms with Crippen LogP contribution in [0.3, 0.4) is 0 Å². The molecule has 124 valence electrons. The van der Waals surface area contributed by atoms with Gasteiger partial charge in [-0.3, -0.25) is 4.79 Å². The molecule has 7 nitrogen and oxygen atoms in total. The summed E-state index contributed by atoms with van der Waals surface area (Å²) in [5.41, 5.74) is 0. The van der Waals surface area contributed by atoms with Gasteiger partial charge in [-0.05, 0) is 25.7 Å². The van der Waals surface area contributed by atoms with Crippen molar-refractivity contribution in [1.29, 1.82) is 0 Å². The lowest BCUT2D eigenvalue weighted by molar-refractivity contribution is -0.135. The van der Waals surface area contributed by atoms with Crippen molar-refractivity contribution in [2.75, 3.05) is 20.2 Å². The lowest BCUT2D eigenvalue weighted by atomic mass is 9.85. The summed E-state index contributed by atoms with van der Waals surface area (Å²) >= 11 is 0. The summed E-state index contributed by atoms with van der Waals surface area (Å²) in [4.78, 5) is 29.3. The molecule has 1 saturated heterocycles. The van der Waals surface area contributed by atoms with E-state index in [0.29, 0.717) is 24.9 Å². The molecule has 3 rings (SSSR count). The van der Waals surface area contributed by atoms with E-state index in [1.165, 1.54) is 19.6 Å². The molecule has 1 aliphatic carbocycles. The van der Waals surface area contributed by atoms with Crippen molar-refractivity contribution < 1.29 is 18.8 Å². The van der Waals surface area contributed by atoms with E-state index in [-0.39, 0.29) is 11.8 Å². The van der Waals surface area contributed by atoms with E-state index < -0.39 is 5.97 Å². The van der Waals surface area contributed by atoms with Gasteiger partial charge >= 0.3 is 5.97 Å². The molecule has 1 aromatic heterocycles. The molecule has 1 aromatic rings. The number of hydrogen-bond donors (Lipinski definition) is 0. The Hall–Kier alpha value is -2.18. The summed E-state index contributed by atoms with van der Waals surface area (Å²) in [5.74, 6) is 1.52. The van der Waals surface area contributed by atoms with Crippen LogP contribution >= 0.6 is 0 Å². The zero-order chi connectivity index (χ0) is 16.2. The number of hydrogen-bond acceptors (Lipinski definition) is 6. The molecule has 7 heteroatoms. The number of amides is 1. The number of rotatable bonds is 4. The van der Waals surface area contributed by atoms with Crippen LogP contribution in [0.15, 0.2) is 16.7 Å². The summed E-state index contributed by atoms with van der Waals surface area (Å²) < 4.78 is 9.88. The molecule has 1 aliphatic heterocycles. The topological polar surface area (TPSA) is 85.5 Å². The second-order valence-electron chi connectivity index (χ2n) is 6.07. The fourth-order valence-electron chi connectivity index (χ4n) is 2.90. The molecule has 0 N–H and O–H groups in total. The highest BCUT2D eigenvalue weighted by atomic mass is 16.5. The normalized spacial score (nSPS) is 19.8. The van der Waals surface area contributed by atoms with E-state index in [4.69, 9.17) is 4.52 Å². The number of piperidine rings is 1. The molecule has 23 heavy (non-hydrogen) atoms. The minimum Gasteiger partial charge on any atom is -0.466 e. The maximum Gasteiger partial charge on any atom is 0.330 e. The Morgan fingerprint density at radius 1 is 1.17 bits per heavy atom. The average Bonchev–Trinajstić information content (AvgIpc) is 3.00. The summed E-state index contributed by atoms with van der Waals surface area (Å²) in [7, 11) is 1.28. The first-order valence-electron chi connectivity index (χ1n) is 8.06. The Balaban J connectivity index is 1.51. The van der Waals surface area contributed by atoms with Crippen molar-refractivity contribution in [3.63, 3.8) is 0 Å². The smallest absolute Gasteiger partial charge is 0.330 e. The van der Waals surface area contributed by atoms with Gasteiger partial charge in [0.05, 0.1) is 7.11 Å². The summed E-state index contributed by atoms with van der Waals surface area (Å²) in [5, 5.41) is 4.10. The van der Waals surface area contributed by atoms with Crippen LogP contribution in [-0.4, -0.2) is 47.1 Å². The van der Waals surface area contributed by atoms with Crippen molar-refractivity contribution in [2.45, 2.75) is 43.9 Å². The Morgan fingerprint density at radius 2 is 1.91 bits per heavy atom. The van der Waals surface area contributed by atoms with Gasteiger partial charge in [-0.2, -0.15) is 4.98 Å². The highest BCUT2D eigenvalue weighted by Gasteiger charge is 2.29. The lowest BCUT2D eigenvalue weighted by Gasteiger charge is -2.29. The third-order valence-electron chi connectivity index (χ3n) is 4.65. The number of carbonyl (C=O) groups is 2. The van der Waals surface area contributed by atoms with Gasteiger partial charge in [0.25, 0.3) is 0 Å². The van der Waals surface area contributed by atoms with Crippen LogP contribution in [-0.2, 0) is 14.3 Å². The molecular formula is C16H21N3O4. The largest absolute Gasteiger partial charge is 0.466 e. The highest BCUT2D eigenvalue weighted by Crippen LogP contribution is 2.36. The fourth-order valence-corrected chi connectivity index (χ4v) is 2.90. The van der Waals surface area contributed by atoms with Crippen molar-refractivity contribution in [3.05, 3.63) is 23.9 Å². The van der Waals surface area contributed by atoms with Crippen molar-refractivity contribution in [1.82, 2.24) is 15.0 Å². The van der Waals surface area contributed by atoms with E-state index in [1.54, 1.807) is 4.90 Å². The summed E-state index contributed by atoms with van der Waals surface area (Å²) in [6.45, 7) is 1.24. The molecule has 0 unspecified atom stereocenters. The number of ether oxygens (including phenoxy) is 1. The molecule has 0 radical (unpaired) electrons. The van der Waals surface area contributed by atoms with Crippen molar-refractivity contribution >= 4 is 11.9 Å². The molecule has 2 heterocycles. The van der Waals surface area contributed by atoms with E-state index in [1.807, 2.05) is 0 Å². The molecule has 0 spiro atoms. The van der Waals surface area contributed by atoms with Gasteiger partial charge in [-0.1, -0.05) is 11.6 Å². The number of carbonyl (C=O) groups excluding carboxylic acids is 2. The van der Waals surface area contributed by atoms with E-state index in [2.05, 4.69) is 14.9 Å². The molecule has 0 aromatic carbocycles. The number of nitrogens with zero attached hydrogens (tertiary/aromatic N) is 3. The molecular weight excluding hydrogens is 298 g/mol. The van der Waals surface area contributed by atoms with E-state index in [9.17, 15) is 9.59 Å². The predicted octanol–water partition coefficient (Wildman–Crippen LogP) is 1.77. The Kier molecular flexibility index (Phi) is 4.73. The van der Waals surface area contributed by atoms with E-state index >= 15 is 0 Å². The maximum atomic E-state index is 12.0. The first-order valence-corrected chi connectivity index (χ1v) is 8.06. The van der Waals surface area contributed by atoms with Crippen LogP contribution < -0.4 is 0 Å². The standard InChI is InChI=1S/C16H21N3O4/c1-22-14(21)6-5-13(20)19-9-7-12(8-10-19)16-17-15(18-23-16)11-3-2-4-11/h5-6,11-12H,2-4,7-10H2,1H3/b6-5+. The Labute approximate surface area is 134 Å². The van der Waals surface area contributed by atoms with Gasteiger partial charge in [-0.25, -0.2) is 4.79 Å². The Morgan fingerprint density at radius 3 is 2.52 bits per heavy atom. The second kappa shape index (κ2) is 6.93. The maximum absolute atomic E-state index is 12.0. The fraction of sp³-hybridized carbons (Fsp3) is 0.625. The van der Waals surface area contributed by atoms with Gasteiger partial charge in [0.15, 0.2) is 5.82 Å². The van der Waals surface area contributed by atoms with Crippen LogP contribution in [0.2, 0.25) is 0 Å². The lowest BCUT2D eigenvalue weighted by Crippen LogP contribution is -2.37. The molecule has 0 bridgehead atoms. The predicted molar refractivity (Wildman–Crippen MR) is 80.6 cm³/mol. The monoisotopic (exact) mass is 319 g/mol. The van der Waals surface area contributed by atoms with Crippen LogP contribution in [0.4, 0.5) is 0 Å². The third-order valence-corrected chi connectivity index (χ3v) is 4.65. The first-order chi connectivity index (χ1) is 11.2. The third kappa shape index (κ3) is 3.60. The summed E-state index contributed by atoms with van der Waals surface area (Å²) in [6.07, 6.45) is 7.55. The highest BCUT2D eigenvalue weighted by molar-refractivity contribution is 5.94. The van der Waals surface area contributed by atoms with Crippen molar-refractivity contribution in [3.8, 4) is 0 Å². The second-order valence-corrected chi connectivity index (χ2v) is 6.07. The van der Waals surface area contributed by atoms with E-state index in [0.717, 1.165) is 37.6 Å². The van der Waals surface area contributed by atoms with Gasteiger partial charge in [-0.15, -0.1) is 0 Å². The zero-order valence-corrected chi connectivity index (χ0v) is 13.2. The van der Waals surface area contributed by atoms with Crippen LogP contribution in [0, 0.1) is 0 Å². The number of likely N-dealkylation sites (tertiary alicyclic amines) is 1. The minimum absolute atomic E-state index is 0.172. The minimum atomic E-state index is -0.525. The van der Waals surface area contributed by atoms with Gasteiger partial charge < -0.3 is 14.2 Å². The molecule has 2 fully saturated rings.